The van der Waals surface area contributed by atoms with Crippen LogP contribution in [0.3, 0.4) is 0 Å². The van der Waals surface area contributed by atoms with Gasteiger partial charge >= 0.3 is 0 Å². The van der Waals surface area contributed by atoms with Crippen LogP contribution in [0.15, 0.2) is 0 Å². The fraction of sp³-hybridized carbons (Fsp3) is 0.947. The fourth-order valence-corrected chi connectivity index (χ4v) is 2.60. The standard InChI is InChI=1S/C14H28INO2.C5H12/c1-7-8-11(13(2,3)4)12(17)16-14(5,6)9-10-18-15;1-3-5-4-2/h11H,7-10H2,1-6H3,(H,16,17);3-5H2,1-2H3. The van der Waals surface area contributed by atoms with Gasteiger partial charge in [0.2, 0.25) is 5.91 Å². The Bertz CT molecular complexity index is 296. The van der Waals surface area contributed by atoms with Crippen molar-refractivity contribution < 1.29 is 7.86 Å². The number of hydrogen-bond donors (Lipinski definition) is 1. The molecular weight excluding hydrogens is 401 g/mol. The Morgan fingerprint density at radius 1 is 1.04 bits per heavy atom. The number of hydrogen-bond acceptors (Lipinski definition) is 2. The highest BCUT2D eigenvalue weighted by Gasteiger charge is 2.33. The van der Waals surface area contributed by atoms with Gasteiger partial charge < -0.3 is 8.38 Å². The van der Waals surface area contributed by atoms with Crippen molar-refractivity contribution in [2.75, 3.05) is 6.61 Å². The van der Waals surface area contributed by atoms with Crippen LogP contribution in [0.25, 0.3) is 0 Å². The van der Waals surface area contributed by atoms with Crippen molar-refractivity contribution in [3.05, 3.63) is 0 Å². The number of rotatable bonds is 9. The highest BCUT2D eigenvalue weighted by molar-refractivity contribution is 14.1. The molecule has 0 spiro atoms. The lowest BCUT2D eigenvalue weighted by Crippen LogP contribution is -2.49. The van der Waals surface area contributed by atoms with Crippen LogP contribution in [0, 0.1) is 11.3 Å². The number of nitrogens with one attached hydrogen (secondary N) is 1. The van der Waals surface area contributed by atoms with Crippen LogP contribution >= 0.6 is 23.0 Å². The van der Waals surface area contributed by atoms with E-state index in [4.69, 9.17) is 3.07 Å². The van der Waals surface area contributed by atoms with Crippen molar-refractivity contribution >= 4 is 28.9 Å². The van der Waals surface area contributed by atoms with Gasteiger partial charge in [-0.3, -0.25) is 4.79 Å². The molecule has 0 rings (SSSR count). The van der Waals surface area contributed by atoms with Gasteiger partial charge in [0.05, 0.1) is 6.61 Å². The first kappa shape index (κ1) is 25.4. The Hall–Kier alpha value is 0.160. The van der Waals surface area contributed by atoms with Gasteiger partial charge in [-0.1, -0.05) is 67.2 Å². The maximum atomic E-state index is 12.4. The maximum absolute atomic E-state index is 12.4. The van der Waals surface area contributed by atoms with Gasteiger partial charge in [-0.25, -0.2) is 0 Å². The van der Waals surface area contributed by atoms with Gasteiger partial charge in [-0.15, -0.1) is 0 Å². The molecule has 0 saturated carbocycles. The number of amides is 1. The molecule has 1 atom stereocenters. The van der Waals surface area contributed by atoms with Crippen molar-refractivity contribution in [3.8, 4) is 0 Å². The van der Waals surface area contributed by atoms with Gasteiger partial charge in [0, 0.05) is 11.5 Å². The Morgan fingerprint density at radius 3 is 1.87 bits per heavy atom. The van der Waals surface area contributed by atoms with Gasteiger partial charge in [0.15, 0.2) is 0 Å². The summed E-state index contributed by atoms with van der Waals surface area (Å²) in [6.07, 6.45) is 6.87. The zero-order valence-corrected chi connectivity index (χ0v) is 18.9. The second-order valence-electron chi connectivity index (χ2n) is 8.00. The molecule has 1 amide bonds. The van der Waals surface area contributed by atoms with E-state index < -0.39 is 0 Å². The predicted octanol–water partition coefficient (Wildman–Crippen LogP) is 6.30. The Balaban J connectivity index is 0. The van der Waals surface area contributed by atoms with Gasteiger partial charge in [0.1, 0.15) is 23.0 Å². The largest absolute Gasteiger partial charge is 0.351 e. The molecule has 3 nitrogen and oxygen atoms in total. The molecule has 0 aromatic rings. The van der Waals surface area contributed by atoms with Gasteiger partial charge in [-0.2, -0.15) is 0 Å². The van der Waals surface area contributed by atoms with Crippen molar-refractivity contribution in [2.24, 2.45) is 11.3 Å². The molecule has 1 N–H and O–H groups in total. The summed E-state index contributed by atoms with van der Waals surface area (Å²) in [7, 11) is 0. The minimum Gasteiger partial charge on any atom is -0.351 e. The maximum Gasteiger partial charge on any atom is 0.224 e. The van der Waals surface area contributed by atoms with Crippen molar-refractivity contribution in [1.29, 1.82) is 0 Å². The molecule has 0 aromatic heterocycles. The zero-order chi connectivity index (χ0) is 18.5. The van der Waals surface area contributed by atoms with Crippen LogP contribution in [0.5, 0.6) is 0 Å². The summed E-state index contributed by atoms with van der Waals surface area (Å²) in [5.74, 6) is 0.241. The van der Waals surface area contributed by atoms with E-state index in [1.54, 1.807) is 0 Å². The van der Waals surface area contributed by atoms with Crippen molar-refractivity contribution in [2.45, 2.75) is 99.5 Å². The van der Waals surface area contributed by atoms with Crippen molar-refractivity contribution in [3.63, 3.8) is 0 Å². The smallest absolute Gasteiger partial charge is 0.224 e. The summed E-state index contributed by atoms with van der Waals surface area (Å²) in [5, 5.41) is 3.16. The number of halogens is 1. The highest BCUT2D eigenvalue weighted by atomic mass is 127. The van der Waals surface area contributed by atoms with Crippen molar-refractivity contribution in [1.82, 2.24) is 5.32 Å². The first-order chi connectivity index (χ1) is 10.6. The molecule has 0 aromatic carbocycles. The summed E-state index contributed by atoms with van der Waals surface area (Å²) in [4.78, 5) is 12.4. The summed E-state index contributed by atoms with van der Waals surface area (Å²) in [5.41, 5.74) is -0.199. The topological polar surface area (TPSA) is 38.3 Å². The average Bonchev–Trinajstić information content (AvgIpc) is 2.42. The molecule has 0 fully saturated rings. The van der Waals surface area contributed by atoms with Crippen LogP contribution in [0.1, 0.15) is 93.9 Å². The van der Waals surface area contributed by atoms with Gasteiger partial charge in [-0.05, 0) is 32.1 Å². The van der Waals surface area contributed by atoms with E-state index in [9.17, 15) is 4.79 Å². The molecule has 1 unspecified atom stereocenters. The molecule has 0 heterocycles. The van der Waals surface area contributed by atoms with Crippen LogP contribution in [-0.2, 0) is 7.86 Å². The molecule has 0 radical (unpaired) electrons. The van der Waals surface area contributed by atoms with E-state index in [-0.39, 0.29) is 22.8 Å². The lowest BCUT2D eigenvalue weighted by atomic mass is 9.77. The Morgan fingerprint density at radius 2 is 1.57 bits per heavy atom. The zero-order valence-electron chi connectivity index (χ0n) is 16.7. The van der Waals surface area contributed by atoms with Crippen LogP contribution in [0.2, 0.25) is 0 Å². The molecular formula is C19H40INO2. The second-order valence-corrected chi connectivity index (χ2v) is 8.62. The molecule has 0 aliphatic rings. The lowest BCUT2D eigenvalue weighted by molar-refractivity contribution is -0.130. The third-order valence-corrected chi connectivity index (χ3v) is 4.35. The summed E-state index contributed by atoms with van der Waals surface area (Å²) < 4.78 is 5.05. The fourth-order valence-electron chi connectivity index (χ4n) is 2.38. The van der Waals surface area contributed by atoms with E-state index in [2.05, 4.69) is 46.9 Å². The third kappa shape index (κ3) is 14.2. The van der Waals surface area contributed by atoms with Crippen LogP contribution in [-0.4, -0.2) is 18.1 Å². The Labute approximate surface area is 159 Å². The second kappa shape index (κ2) is 13.5. The number of unbranched alkanes of at least 4 members (excludes halogenated alkanes) is 2. The predicted molar refractivity (Wildman–Crippen MR) is 110 cm³/mol. The summed E-state index contributed by atoms with van der Waals surface area (Å²) >= 11 is 1.89. The van der Waals surface area contributed by atoms with E-state index in [0.717, 1.165) is 19.3 Å². The molecule has 0 aliphatic carbocycles. The molecule has 23 heavy (non-hydrogen) atoms. The van der Waals surface area contributed by atoms with E-state index in [1.165, 1.54) is 19.3 Å². The summed E-state index contributed by atoms with van der Waals surface area (Å²) in [6, 6.07) is 0. The lowest BCUT2D eigenvalue weighted by Gasteiger charge is -2.34. The minimum absolute atomic E-state index is 0.00986. The van der Waals surface area contributed by atoms with E-state index in [0.29, 0.717) is 6.61 Å². The minimum atomic E-state index is -0.209. The molecule has 0 aliphatic heterocycles. The van der Waals surface area contributed by atoms with Gasteiger partial charge in [0.25, 0.3) is 0 Å². The highest BCUT2D eigenvalue weighted by Crippen LogP contribution is 2.30. The average molecular weight is 441 g/mol. The summed E-state index contributed by atoms with van der Waals surface area (Å²) in [6.45, 7) is 17.7. The third-order valence-electron chi connectivity index (χ3n) is 3.91. The molecule has 140 valence electrons. The monoisotopic (exact) mass is 441 g/mol. The quantitative estimate of drug-likeness (QED) is 0.427. The molecule has 0 bridgehead atoms. The number of carbonyl (C=O) groups is 1. The molecule has 0 saturated heterocycles. The first-order valence-corrected chi connectivity index (χ1v) is 9.99. The van der Waals surface area contributed by atoms with Crippen LogP contribution in [0.4, 0.5) is 0 Å². The number of carbonyl (C=O) groups excluding carboxylic acids is 1. The SMILES string of the molecule is CCCC(C(=O)NC(C)(C)CCOI)C(C)(C)C.CCCCC. The van der Waals surface area contributed by atoms with E-state index >= 15 is 0 Å². The Kier molecular flexibility index (Phi) is 14.9. The normalized spacial score (nSPS) is 13.1. The molecule has 4 heteroatoms. The van der Waals surface area contributed by atoms with E-state index in [1.807, 2.05) is 36.9 Å². The first-order valence-electron chi connectivity index (χ1n) is 9.11. The van der Waals surface area contributed by atoms with Crippen LogP contribution < -0.4 is 5.32 Å².